The number of benzene rings is 3. The van der Waals surface area contributed by atoms with E-state index in [9.17, 15) is 42.3 Å². The highest BCUT2D eigenvalue weighted by Crippen LogP contribution is 2.29. The number of esters is 2. The first-order valence-electron chi connectivity index (χ1n) is 25.4. The molecule has 5 atom stereocenters. The summed E-state index contributed by atoms with van der Waals surface area (Å²) in [5, 5.41) is 8.52. The summed E-state index contributed by atoms with van der Waals surface area (Å²) in [6.07, 6.45) is 8.24. The number of carbonyl (C=O) groups is 3. The molecule has 3 N–H and O–H groups in total. The van der Waals surface area contributed by atoms with E-state index in [1.54, 1.807) is 42.7 Å². The van der Waals surface area contributed by atoms with Gasteiger partial charge in [-0.1, -0.05) is 69.1 Å². The smallest absolute Gasteiger partial charge is 0.373 e. The van der Waals surface area contributed by atoms with Crippen LogP contribution in [0, 0.1) is 25.5 Å². The standard InChI is InChI=1S/2C17H15ClFN3O2.C12H12O6.2C5H10O.CO2.2H3P/c2*1-8(2)14-15(9(3)4-5-20-14)22-13-7-11(18)12(19)6-10(13)16(23)21-17(22)24;1-8(13)18-10(11(14)15)7-17-12(16)9-5-3-2-4-6-9;2*1-5-3-2-4-6-5;2-1-3;;/h2*4-8H,1-3H3,(H,21,23,24);2-6,10H,7H2,1H3,(H,14,15);2*5H,2-4H2,1H3;;2*1H3/t;;10-;;;;;/m..0...../s1. The second kappa shape index (κ2) is 34.5. The van der Waals surface area contributed by atoms with Gasteiger partial charge in [0.05, 0.1) is 72.4 Å². The molecule has 7 aromatic rings. The van der Waals surface area contributed by atoms with E-state index in [4.69, 9.17) is 52.1 Å². The first kappa shape index (κ1) is 72.0. The molecule has 6 heterocycles. The van der Waals surface area contributed by atoms with Gasteiger partial charge in [0.1, 0.15) is 18.2 Å². The van der Waals surface area contributed by atoms with Crippen molar-refractivity contribution in [3.05, 3.63) is 171 Å². The number of hydrogen-bond donors (Lipinski definition) is 3. The van der Waals surface area contributed by atoms with Crippen molar-refractivity contribution in [2.75, 3.05) is 19.8 Å². The molecular formula is C57H68Cl2F2N6O14P2. The minimum Gasteiger partial charge on any atom is -0.478 e. The van der Waals surface area contributed by atoms with Gasteiger partial charge in [0.2, 0.25) is 6.10 Å². The molecule has 83 heavy (non-hydrogen) atoms. The van der Waals surface area contributed by atoms with Crippen molar-refractivity contribution in [3.63, 3.8) is 0 Å². The average molecular weight is 1230 g/mol. The predicted molar refractivity (Wildman–Crippen MR) is 320 cm³/mol. The minimum atomic E-state index is -1.49. The van der Waals surface area contributed by atoms with E-state index in [0.29, 0.717) is 40.5 Å². The van der Waals surface area contributed by atoms with Crippen molar-refractivity contribution in [3.8, 4) is 11.4 Å². The number of aliphatic carboxylic acids is 1. The Morgan fingerprint density at radius 1 is 0.723 bits per heavy atom. The van der Waals surface area contributed by atoms with Crippen LogP contribution in [0.4, 0.5) is 8.78 Å². The molecule has 9 rings (SSSR count). The van der Waals surface area contributed by atoms with Gasteiger partial charge in [0, 0.05) is 32.5 Å². The Hall–Kier alpha value is -7.15. The lowest BCUT2D eigenvalue weighted by atomic mass is 10.0. The number of nitrogens with zero attached hydrogens (tertiary/aromatic N) is 4. The van der Waals surface area contributed by atoms with Gasteiger partial charge in [-0.15, -0.1) is 0 Å². The third-order valence-corrected chi connectivity index (χ3v) is 12.6. The van der Waals surface area contributed by atoms with Crippen LogP contribution in [0.15, 0.2) is 98.3 Å². The Labute approximate surface area is 492 Å². The number of aromatic nitrogens is 6. The monoisotopic (exact) mass is 1230 g/mol. The highest BCUT2D eigenvalue weighted by atomic mass is 35.5. The highest BCUT2D eigenvalue weighted by Gasteiger charge is 2.24. The molecule has 2 fully saturated rings. The molecule has 448 valence electrons. The third-order valence-electron chi connectivity index (χ3n) is 12.0. The fourth-order valence-corrected chi connectivity index (χ4v) is 8.44. The van der Waals surface area contributed by atoms with Gasteiger partial charge in [-0.05, 0) is 125 Å². The van der Waals surface area contributed by atoms with Crippen molar-refractivity contribution >= 4 is 88.9 Å². The number of hydrogen-bond acceptors (Lipinski definition) is 15. The van der Waals surface area contributed by atoms with Crippen LogP contribution < -0.4 is 22.5 Å². The zero-order valence-electron chi connectivity index (χ0n) is 47.3. The van der Waals surface area contributed by atoms with Gasteiger partial charge in [-0.2, -0.15) is 29.4 Å². The first-order chi connectivity index (χ1) is 38.3. The molecule has 2 aliphatic heterocycles. The maximum atomic E-state index is 13.8. The van der Waals surface area contributed by atoms with Gasteiger partial charge in [-0.25, -0.2) is 28.0 Å². The van der Waals surface area contributed by atoms with E-state index in [1.807, 2.05) is 41.5 Å². The van der Waals surface area contributed by atoms with Gasteiger partial charge >= 0.3 is 35.4 Å². The number of halogens is 4. The zero-order chi connectivity index (χ0) is 60.2. The van der Waals surface area contributed by atoms with E-state index >= 15 is 0 Å². The summed E-state index contributed by atoms with van der Waals surface area (Å²) in [7, 11) is 0. The SMILES string of the molecule is CC(=O)O[C@@H](COC(=O)c1ccccc1)C(=O)O.CC1CCCO1.CC1CCCO1.Cc1ccnc(C(C)C)c1-n1c(=O)[nH]c(=O)c2cc(F)c(Cl)cc21.Cc1ccnc(C(C)C)c1-n1c(=O)[nH]c(=O)c2cc(F)c(Cl)cc21.O=C=O.P.P. The molecule has 0 aliphatic carbocycles. The summed E-state index contributed by atoms with van der Waals surface area (Å²) < 4.78 is 49.7. The molecule has 0 spiro atoms. The summed E-state index contributed by atoms with van der Waals surface area (Å²) in [6.45, 7) is 18.3. The van der Waals surface area contributed by atoms with Crippen LogP contribution in [0.5, 0.6) is 0 Å². The van der Waals surface area contributed by atoms with Crippen LogP contribution in [0.2, 0.25) is 10.0 Å². The molecule has 0 amide bonds. The van der Waals surface area contributed by atoms with Crippen LogP contribution in [-0.2, 0) is 38.1 Å². The summed E-state index contributed by atoms with van der Waals surface area (Å²) in [5.41, 5.74) is 2.39. The molecule has 2 aliphatic rings. The second-order valence-electron chi connectivity index (χ2n) is 18.9. The number of fused-ring (bicyclic) bond motifs is 2. The summed E-state index contributed by atoms with van der Waals surface area (Å²) in [4.78, 5) is 111. The summed E-state index contributed by atoms with van der Waals surface area (Å²) in [6, 6.07) is 16.3. The number of ether oxygens (including phenoxy) is 4. The largest absolute Gasteiger partial charge is 0.478 e. The van der Waals surface area contributed by atoms with E-state index in [2.05, 4.69) is 38.5 Å². The molecular weight excluding hydrogens is 1160 g/mol. The highest BCUT2D eigenvalue weighted by molar-refractivity contribution is 6.92. The molecule has 4 aromatic heterocycles. The predicted octanol–water partition coefficient (Wildman–Crippen LogP) is 9.36. The van der Waals surface area contributed by atoms with Crippen molar-refractivity contribution in [2.24, 2.45) is 0 Å². The normalized spacial score (nSPS) is 14.2. The maximum Gasteiger partial charge on any atom is 0.373 e. The molecule has 3 aromatic carbocycles. The Balaban J connectivity index is 0.000000375. The van der Waals surface area contributed by atoms with Crippen LogP contribution in [0.3, 0.4) is 0 Å². The fourth-order valence-electron chi connectivity index (χ4n) is 8.12. The molecule has 0 bridgehead atoms. The van der Waals surface area contributed by atoms with Gasteiger partial charge < -0.3 is 24.1 Å². The Kier molecular flexibility index (Phi) is 29.9. The summed E-state index contributed by atoms with van der Waals surface area (Å²) >= 11 is 11.8. The van der Waals surface area contributed by atoms with E-state index in [-0.39, 0.29) is 69.6 Å². The van der Waals surface area contributed by atoms with Crippen LogP contribution >= 0.6 is 43.0 Å². The number of nitrogens with one attached hydrogen (secondary N) is 2. The number of aromatic amines is 2. The Morgan fingerprint density at radius 3 is 1.43 bits per heavy atom. The van der Waals surface area contributed by atoms with Crippen LogP contribution in [-0.4, -0.2) is 96.4 Å². The molecule has 4 unspecified atom stereocenters. The Bertz CT molecular complexity index is 3430. The molecule has 0 radical (unpaired) electrons. The van der Waals surface area contributed by atoms with Crippen molar-refractivity contribution in [1.82, 2.24) is 29.1 Å². The van der Waals surface area contributed by atoms with Crippen LogP contribution in [0.1, 0.15) is 119 Å². The van der Waals surface area contributed by atoms with Gasteiger partial charge in [0.15, 0.2) is 0 Å². The zero-order valence-corrected chi connectivity index (χ0v) is 51.7. The molecule has 26 heteroatoms. The number of rotatable bonds is 9. The van der Waals surface area contributed by atoms with Crippen LogP contribution in [0.25, 0.3) is 33.2 Å². The number of carboxylic acid groups (broad SMARTS) is 1. The first-order valence-corrected chi connectivity index (χ1v) is 26.1. The topological polar surface area (TPSA) is 278 Å². The molecule has 2 saturated heterocycles. The average Bonchev–Trinajstić information content (AvgIpc) is 4.27. The maximum absolute atomic E-state index is 13.8. The van der Waals surface area contributed by atoms with E-state index < -0.39 is 64.8 Å². The second-order valence-corrected chi connectivity index (χ2v) is 19.7. The number of aryl methyl sites for hydroxylation is 2. The lowest BCUT2D eigenvalue weighted by Crippen LogP contribution is -2.32. The third kappa shape index (κ3) is 20.3. The van der Waals surface area contributed by atoms with E-state index in [1.165, 1.54) is 59.1 Å². The Morgan fingerprint density at radius 2 is 1.12 bits per heavy atom. The lowest BCUT2D eigenvalue weighted by molar-refractivity contribution is -0.191. The lowest BCUT2D eigenvalue weighted by Gasteiger charge is -2.17. The summed E-state index contributed by atoms with van der Waals surface area (Å²) in [5.74, 6) is -4.13. The minimum absolute atomic E-state index is 0. The van der Waals surface area contributed by atoms with E-state index in [0.717, 1.165) is 43.4 Å². The number of carboxylic acids is 1. The van der Waals surface area contributed by atoms with Crippen molar-refractivity contribution < 1.29 is 56.8 Å². The number of H-pyrrole nitrogens is 2. The van der Waals surface area contributed by atoms with Crippen molar-refractivity contribution in [2.45, 2.75) is 118 Å². The van der Waals surface area contributed by atoms with Gasteiger partial charge in [-0.3, -0.25) is 43.5 Å². The quantitative estimate of drug-likeness (QED) is 0.0896. The fraction of sp³-hybridized carbons (Fsp3) is 0.368. The molecule has 20 nitrogen and oxygen atoms in total. The number of carbonyl (C=O) groups excluding carboxylic acids is 4. The van der Waals surface area contributed by atoms with Crippen molar-refractivity contribution in [1.29, 1.82) is 0 Å². The molecule has 0 saturated carbocycles. The van der Waals surface area contributed by atoms with Gasteiger partial charge in [0.25, 0.3) is 11.1 Å². The number of pyridine rings is 2.